The van der Waals surface area contributed by atoms with Gasteiger partial charge < -0.3 is 39.2 Å². The molecule has 2 aliphatic heterocycles. The van der Waals surface area contributed by atoms with E-state index in [1.807, 2.05) is 78.9 Å². The molecule has 3 N–H and O–H groups in total. The first kappa shape index (κ1) is 38.7. The number of hydrogen-bond donors (Lipinski definition) is 3. The van der Waals surface area contributed by atoms with E-state index in [0.29, 0.717) is 45.5 Å². The molecule has 3 aliphatic rings. The van der Waals surface area contributed by atoms with Gasteiger partial charge in [0.25, 0.3) is 0 Å². The number of methoxy groups -OCH3 is 1. The van der Waals surface area contributed by atoms with E-state index in [-0.39, 0.29) is 25.2 Å². The quantitative estimate of drug-likeness (QED) is 0.177. The zero-order chi connectivity index (χ0) is 37.0. The van der Waals surface area contributed by atoms with Gasteiger partial charge in [-0.3, -0.25) is 14.6 Å². The molecule has 0 spiro atoms. The fourth-order valence-electron chi connectivity index (χ4n) is 7.42. The van der Waals surface area contributed by atoms with Crippen molar-refractivity contribution in [2.45, 2.75) is 62.5 Å². The minimum atomic E-state index is -1.14. The number of carbonyl (C=O) groups is 2. The lowest BCUT2D eigenvalue weighted by atomic mass is 9.88. The monoisotopic (exact) mass is 731 g/mol. The Morgan fingerprint density at radius 2 is 1.68 bits per heavy atom. The minimum Gasteiger partial charge on any atom is -0.492 e. The molecule has 6 atom stereocenters. The summed E-state index contributed by atoms with van der Waals surface area (Å²) in [6.45, 7) is 5.34. The van der Waals surface area contributed by atoms with Crippen LogP contribution in [0.2, 0.25) is 0 Å². The summed E-state index contributed by atoms with van der Waals surface area (Å²) < 4.78 is 28.1. The van der Waals surface area contributed by atoms with Gasteiger partial charge in [-0.25, -0.2) is 4.79 Å². The van der Waals surface area contributed by atoms with E-state index >= 15 is 0 Å². The second kappa shape index (κ2) is 19.3. The molecular weight excluding hydrogens is 678 g/mol. The molecule has 3 aromatic carbocycles. The van der Waals surface area contributed by atoms with Gasteiger partial charge in [0, 0.05) is 45.5 Å². The standard InChI is InChI=1S/C41H53N3O9/c1-49-28-44(41(48)53-34-15-19-51-27-34)36(24-29-7-3-2-4-8-29)37(45)26-32(40(47)42-39-35-10-6-5-9-31(35)25-38(39)46)23-30-11-13-33(14-12-30)52-22-18-43-16-20-50-21-17-43/h2-14,32,34,36-39,45-46H,15-28H2,1H3,(H,42,47)/t32?,34?,36?,37?,38-,39-/m0/s1. The number of nitrogens with one attached hydrogen (secondary N) is 1. The van der Waals surface area contributed by atoms with Gasteiger partial charge in [0.1, 0.15) is 25.2 Å². The van der Waals surface area contributed by atoms with Gasteiger partial charge in [0.05, 0.1) is 50.7 Å². The molecule has 0 bridgehead atoms. The molecule has 0 saturated carbocycles. The SMILES string of the molecule is COCN(C(=O)OC1CCOC1)C(Cc1ccccc1)C(O)CC(Cc1ccc(OCCN2CCOCC2)cc1)C(=O)N[C@H]1c2ccccc2C[C@@H]1O. The van der Waals surface area contributed by atoms with Crippen LogP contribution in [0.25, 0.3) is 0 Å². The number of ether oxygens (including phenoxy) is 5. The minimum absolute atomic E-state index is 0.0334. The molecule has 3 aromatic rings. The van der Waals surface area contributed by atoms with Crippen LogP contribution in [-0.4, -0.2) is 123 Å². The van der Waals surface area contributed by atoms with Gasteiger partial charge in [-0.1, -0.05) is 66.7 Å². The molecule has 0 radical (unpaired) electrons. The number of morpholine rings is 1. The Kier molecular flexibility index (Phi) is 14.1. The molecule has 6 rings (SSSR count). The van der Waals surface area contributed by atoms with Crippen LogP contribution in [0.5, 0.6) is 5.75 Å². The van der Waals surface area contributed by atoms with Crippen molar-refractivity contribution in [1.82, 2.24) is 15.1 Å². The predicted octanol–water partition coefficient (Wildman–Crippen LogP) is 3.52. The Balaban J connectivity index is 1.21. The number of benzene rings is 3. The van der Waals surface area contributed by atoms with Crippen molar-refractivity contribution in [2.24, 2.45) is 5.92 Å². The lowest BCUT2D eigenvalue weighted by Crippen LogP contribution is -2.51. The predicted molar refractivity (Wildman–Crippen MR) is 197 cm³/mol. The van der Waals surface area contributed by atoms with Crippen LogP contribution in [0, 0.1) is 5.92 Å². The zero-order valence-electron chi connectivity index (χ0n) is 30.5. The summed E-state index contributed by atoms with van der Waals surface area (Å²) >= 11 is 0. The molecule has 2 fully saturated rings. The topological polar surface area (TPSA) is 139 Å². The fourth-order valence-corrected chi connectivity index (χ4v) is 7.42. The van der Waals surface area contributed by atoms with Gasteiger partial charge in [0.15, 0.2) is 0 Å². The van der Waals surface area contributed by atoms with Crippen LogP contribution in [-0.2, 0) is 43.0 Å². The number of aliphatic hydroxyl groups excluding tert-OH is 2. The summed E-state index contributed by atoms with van der Waals surface area (Å²) in [4.78, 5) is 31.6. The molecular formula is C41H53N3O9. The van der Waals surface area contributed by atoms with Crippen molar-refractivity contribution in [2.75, 3.05) is 66.5 Å². The first-order chi connectivity index (χ1) is 25.9. The van der Waals surface area contributed by atoms with Crippen LogP contribution < -0.4 is 10.1 Å². The number of fused-ring (bicyclic) bond motifs is 1. The van der Waals surface area contributed by atoms with Crippen LogP contribution in [0.15, 0.2) is 78.9 Å². The first-order valence-electron chi connectivity index (χ1n) is 18.7. The second-order valence-electron chi connectivity index (χ2n) is 14.1. The van der Waals surface area contributed by atoms with E-state index in [2.05, 4.69) is 10.2 Å². The van der Waals surface area contributed by atoms with E-state index in [1.54, 1.807) is 0 Å². The summed E-state index contributed by atoms with van der Waals surface area (Å²) in [5.74, 6) is -0.268. The Bertz CT molecular complexity index is 1580. The third-order valence-corrected chi connectivity index (χ3v) is 10.4. The molecule has 1 aliphatic carbocycles. The fraction of sp³-hybridized carbons (Fsp3) is 0.512. The maximum Gasteiger partial charge on any atom is 0.412 e. The van der Waals surface area contributed by atoms with Crippen molar-refractivity contribution in [3.8, 4) is 5.75 Å². The molecule has 2 amide bonds. The number of hydrogen-bond acceptors (Lipinski definition) is 10. The summed E-state index contributed by atoms with van der Waals surface area (Å²) in [6, 6.07) is 23.7. The third kappa shape index (κ3) is 10.8. The molecule has 286 valence electrons. The van der Waals surface area contributed by atoms with Crippen LogP contribution in [0.1, 0.15) is 41.1 Å². The van der Waals surface area contributed by atoms with Gasteiger partial charge in [-0.15, -0.1) is 0 Å². The van der Waals surface area contributed by atoms with Gasteiger partial charge >= 0.3 is 6.09 Å². The number of nitrogens with zero attached hydrogens (tertiary/aromatic N) is 2. The number of aliphatic hydroxyl groups is 2. The van der Waals surface area contributed by atoms with Crippen LogP contribution in [0.4, 0.5) is 4.79 Å². The maximum absolute atomic E-state index is 14.3. The molecule has 2 heterocycles. The Morgan fingerprint density at radius 3 is 2.42 bits per heavy atom. The van der Waals surface area contributed by atoms with E-state index < -0.39 is 36.3 Å². The molecule has 12 nitrogen and oxygen atoms in total. The highest BCUT2D eigenvalue weighted by atomic mass is 16.6. The second-order valence-corrected chi connectivity index (χ2v) is 14.1. The lowest BCUT2D eigenvalue weighted by molar-refractivity contribution is -0.128. The van der Waals surface area contributed by atoms with Gasteiger partial charge in [0.2, 0.25) is 5.91 Å². The molecule has 2 saturated heterocycles. The van der Waals surface area contributed by atoms with Crippen molar-refractivity contribution >= 4 is 12.0 Å². The van der Waals surface area contributed by atoms with Crippen molar-refractivity contribution < 1.29 is 43.5 Å². The van der Waals surface area contributed by atoms with Crippen LogP contribution >= 0.6 is 0 Å². The highest BCUT2D eigenvalue weighted by Gasteiger charge is 2.38. The van der Waals surface area contributed by atoms with Gasteiger partial charge in [-0.2, -0.15) is 0 Å². The van der Waals surface area contributed by atoms with Crippen LogP contribution in [0.3, 0.4) is 0 Å². The largest absolute Gasteiger partial charge is 0.492 e. The van der Waals surface area contributed by atoms with E-state index in [1.165, 1.54) is 12.0 Å². The lowest BCUT2D eigenvalue weighted by Gasteiger charge is -2.35. The van der Waals surface area contributed by atoms with Crippen molar-refractivity contribution in [3.05, 3.63) is 101 Å². The molecule has 4 unspecified atom stereocenters. The maximum atomic E-state index is 14.3. The number of carbonyl (C=O) groups excluding carboxylic acids is 2. The Labute approximate surface area is 311 Å². The average Bonchev–Trinajstić information content (AvgIpc) is 3.81. The van der Waals surface area contributed by atoms with Crippen molar-refractivity contribution in [1.29, 1.82) is 0 Å². The van der Waals surface area contributed by atoms with Gasteiger partial charge in [-0.05, 0) is 53.6 Å². The zero-order valence-corrected chi connectivity index (χ0v) is 30.5. The Morgan fingerprint density at radius 1 is 0.943 bits per heavy atom. The summed E-state index contributed by atoms with van der Waals surface area (Å²) in [7, 11) is 1.49. The summed E-state index contributed by atoms with van der Waals surface area (Å²) in [5, 5.41) is 26.2. The third-order valence-electron chi connectivity index (χ3n) is 10.4. The highest BCUT2D eigenvalue weighted by Crippen LogP contribution is 2.32. The Hall–Kier alpha value is -4.04. The van der Waals surface area contributed by atoms with Crippen molar-refractivity contribution in [3.63, 3.8) is 0 Å². The summed E-state index contributed by atoms with van der Waals surface area (Å²) in [6.07, 6.45) is -1.22. The van der Waals surface area contributed by atoms with E-state index in [4.69, 9.17) is 23.7 Å². The normalized spacial score (nSPS) is 21.7. The summed E-state index contributed by atoms with van der Waals surface area (Å²) in [5.41, 5.74) is 3.68. The molecule has 12 heteroatoms. The number of rotatable bonds is 17. The first-order valence-corrected chi connectivity index (χ1v) is 18.7. The molecule has 0 aromatic heterocycles. The van der Waals surface area contributed by atoms with E-state index in [9.17, 15) is 19.8 Å². The van der Waals surface area contributed by atoms with E-state index in [0.717, 1.165) is 60.9 Å². The number of amides is 2. The molecule has 53 heavy (non-hydrogen) atoms. The average molecular weight is 732 g/mol. The smallest absolute Gasteiger partial charge is 0.412 e. The highest BCUT2D eigenvalue weighted by molar-refractivity contribution is 5.80.